The molecule has 1 aromatic heterocycles. The molecule has 0 bridgehead atoms. The van der Waals surface area contributed by atoms with Gasteiger partial charge in [-0.2, -0.15) is 5.10 Å². The van der Waals surface area contributed by atoms with Gasteiger partial charge in [-0.25, -0.2) is 0 Å². The predicted octanol–water partition coefficient (Wildman–Crippen LogP) is 3.54. The summed E-state index contributed by atoms with van der Waals surface area (Å²) in [4.78, 5) is 0. The third-order valence-electron chi connectivity index (χ3n) is 3.41. The predicted molar refractivity (Wildman–Crippen MR) is 79.4 cm³/mol. The summed E-state index contributed by atoms with van der Waals surface area (Å²) in [7, 11) is 1.92. The van der Waals surface area contributed by atoms with Gasteiger partial charge >= 0.3 is 0 Å². The molecule has 0 radical (unpaired) electrons. The quantitative estimate of drug-likeness (QED) is 0.926. The second-order valence-electron chi connectivity index (χ2n) is 4.98. The monoisotopic (exact) mass is 277 g/mol. The lowest BCUT2D eigenvalue weighted by molar-refractivity contribution is 0.548. The first kappa shape index (κ1) is 14.1. The molecule has 0 amide bonds. The summed E-state index contributed by atoms with van der Waals surface area (Å²) < 4.78 is 1.84. The summed E-state index contributed by atoms with van der Waals surface area (Å²) in [6, 6.07) is 8.86. The van der Waals surface area contributed by atoms with Crippen molar-refractivity contribution in [3.8, 4) is 0 Å². The highest BCUT2D eigenvalue weighted by atomic mass is 35.5. The summed E-state index contributed by atoms with van der Waals surface area (Å²) in [6.45, 7) is 6.89. The molecule has 0 aliphatic rings. The Labute approximate surface area is 119 Å². The molecule has 3 nitrogen and oxygen atoms in total. The molecule has 0 spiro atoms. The molecule has 0 fully saturated rings. The SMILES string of the molecule is Cc1ccc([C@H](C)NCc2c(Cl)c(C)nn2C)cc1. The van der Waals surface area contributed by atoms with Crippen LogP contribution in [0.1, 0.15) is 35.5 Å². The van der Waals surface area contributed by atoms with Crippen LogP contribution >= 0.6 is 11.6 Å². The molecule has 1 aromatic carbocycles. The van der Waals surface area contributed by atoms with Crippen molar-refractivity contribution in [2.24, 2.45) is 7.05 Å². The van der Waals surface area contributed by atoms with Crippen molar-refractivity contribution in [3.05, 3.63) is 51.8 Å². The van der Waals surface area contributed by atoms with Gasteiger partial charge in [0.15, 0.2) is 0 Å². The normalized spacial score (nSPS) is 12.7. The smallest absolute Gasteiger partial charge is 0.0860 e. The van der Waals surface area contributed by atoms with E-state index >= 15 is 0 Å². The van der Waals surface area contributed by atoms with E-state index in [1.807, 2.05) is 18.7 Å². The zero-order chi connectivity index (χ0) is 14.0. The van der Waals surface area contributed by atoms with E-state index in [9.17, 15) is 0 Å². The molecule has 0 saturated heterocycles. The molecule has 0 aliphatic carbocycles. The average molecular weight is 278 g/mol. The maximum atomic E-state index is 6.24. The number of benzene rings is 1. The Morgan fingerprint density at radius 1 is 1.26 bits per heavy atom. The molecule has 2 rings (SSSR count). The molecule has 0 saturated carbocycles. The minimum atomic E-state index is 0.284. The molecule has 1 atom stereocenters. The number of aryl methyl sites for hydroxylation is 3. The van der Waals surface area contributed by atoms with Crippen molar-refractivity contribution in [1.82, 2.24) is 15.1 Å². The maximum Gasteiger partial charge on any atom is 0.0860 e. The van der Waals surface area contributed by atoms with E-state index in [0.717, 1.165) is 16.4 Å². The van der Waals surface area contributed by atoms with Crippen LogP contribution in [0.3, 0.4) is 0 Å². The van der Waals surface area contributed by atoms with E-state index in [-0.39, 0.29) is 6.04 Å². The van der Waals surface area contributed by atoms with Crippen LogP contribution in [0, 0.1) is 13.8 Å². The Balaban J connectivity index is 2.04. The average Bonchev–Trinajstić information content (AvgIpc) is 2.62. The minimum absolute atomic E-state index is 0.284. The van der Waals surface area contributed by atoms with Gasteiger partial charge in [0.25, 0.3) is 0 Å². The first-order valence-electron chi connectivity index (χ1n) is 6.47. The van der Waals surface area contributed by atoms with E-state index in [1.165, 1.54) is 11.1 Å². The van der Waals surface area contributed by atoms with Gasteiger partial charge < -0.3 is 5.32 Å². The number of nitrogens with one attached hydrogen (secondary N) is 1. The Hall–Kier alpha value is -1.32. The first-order chi connectivity index (χ1) is 8.99. The van der Waals surface area contributed by atoms with Gasteiger partial charge in [0, 0.05) is 19.6 Å². The third kappa shape index (κ3) is 3.17. The number of hydrogen-bond acceptors (Lipinski definition) is 2. The Bertz CT molecular complexity index is 558. The second-order valence-corrected chi connectivity index (χ2v) is 5.36. The zero-order valence-corrected chi connectivity index (χ0v) is 12.6. The molecular weight excluding hydrogens is 258 g/mol. The molecule has 19 heavy (non-hydrogen) atoms. The van der Waals surface area contributed by atoms with Crippen LogP contribution in [0.15, 0.2) is 24.3 Å². The van der Waals surface area contributed by atoms with Gasteiger partial charge in [-0.15, -0.1) is 0 Å². The van der Waals surface area contributed by atoms with E-state index in [4.69, 9.17) is 11.6 Å². The van der Waals surface area contributed by atoms with Gasteiger partial charge in [0.05, 0.1) is 16.4 Å². The number of rotatable bonds is 4. The minimum Gasteiger partial charge on any atom is -0.305 e. The molecule has 0 unspecified atom stereocenters. The summed E-state index contributed by atoms with van der Waals surface area (Å²) in [6.07, 6.45) is 0. The number of nitrogens with zero attached hydrogens (tertiary/aromatic N) is 2. The van der Waals surface area contributed by atoms with Gasteiger partial charge in [0.1, 0.15) is 0 Å². The summed E-state index contributed by atoms with van der Waals surface area (Å²) in [5.41, 5.74) is 4.46. The van der Waals surface area contributed by atoms with Crippen molar-refractivity contribution < 1.29 is 0 Å². The van der Waals surface area contributed by atoms with Gasteiger partial charge in [-0.3, -0.25) is 4.68 Å². The highest BCUT2D eigenvalue weighted by Gasteiger charge is 2.12. The lowest BCUT2D eigenvalue weighted by Crippen LogP contribution is -2.20. The van der Waals surface area contributed by atoms with E-state index < -0.39 is 0 Å². The van der Waals surface area contributed by atoms with Crippen LogP contribution in [0.5, 0.6) is 0 Å². The lowest BCUT2D eigenvalue weighted by Gasteiger charge is -2.15. The second kappa shape index (κ2) is 5.76. The topological polar surface area (TPSA) is 29.9 Å². The summed E-state index contributed by atoms with van der Waals surface area (Å²) in [5.74, 6) is 0. The van der Waals surface area contributed by atoms with Crippen molar-refractivity contribution >= 4 is 11.6 Å². The van der Waals surface area contributed by atoms with E-state index in [2.05, 4.69) is 48.5 Å². The highest BCUT2D eigenvalue weighted by Crippen LogP contribution is 2.20. The molecule has 102 valence electrons. The van der Waals surface area contributed by atoms with E-state index in [1.54, 1.807) is 0 Å². The first-order valence-corrected chi connectivity index (χ1v) is 6.84. The highest BCUT2D eigenvalue weighted by molar-refractivity contribution is 6.31. The molecule has 0 aliphatic heterocycles. The fraction of sp³-hybridized carbons (Fsp3) is 0.400. The third-order valence-corrected chi connectivity index (χ3v) is 3.91. The Morgan fingerprint density at radius 2 is 1.89 bits per heavy atom. The number of hydrogen-bond donors (Lipinski definition) is 1. The zero-order valence-electron chi connectivity index (χ0n) is 11.9. The standard InChI is InChI=1S/C15H20ClN3/c1-10-5-7-13(8-6-10)11(2)17-9-14-15(16)12(3)18-19(14)4/h5-8,11,17H,9H2,1-4H3/t11-/m0/s1. The van der Waals surface area contributed by atoms with Crippen LogP contribution in [0.2, 0.25) is 5.02 Å². The van der Waals surface area contributed by atoms with Crippen molar-refractivity contribution in [1.29, 1.82) is 0 Å². The summed E-state index contributed by atoms with van der Waals surface area (Å²) >= 11 is 6.24. The van der Waals surface area contributed by atoms with Gasteiger partial charge in [-0.05, 0) is 26.3 Å². The molecular formula is C15H20ClN3. The Morgan fingerprint density at radius 3 is 2.42 bits per heavy atom. The van der Waals surface area contributed by atoms with Crippen molar-refractivity contribution in [3.63, 3.8) is 0 Å². The largest absolute Gasteiger partial charge is 0.305 e. The van der Waals surface area contributed by atoms with Gasteiger partial charge in [0.2, 0.25) is 0 Å². The molecule has 4 heteroatoms. The maximum absolute atomic E-state index is 6.24. The number of halogens is 1. The van der Waals surface area contributed by atoms with Crippen LogP contribution in [0.25, 0.3) is 0 Å². The Kier molecular flexibility index (Phi) is 4.27. The van der Waals surface area contributed by atoms with E-state index in [0.29, 0.717) is 6.54 Å². The fourth-order valence-electron chi connectivity index (χ4n) is 2.09. The van der Waals surface area contributed by atoms with Crippen LogP contribution in [-0.4, -0.2) is 9.78 Å². The molecule has 1 heterocycles. The molecule has 2 aromatic rings. The van der Waals surface area contributed by atoms with Crippen LogP contribution in [0.4, 0.5) is 0 Å². The fourth-order valence-corrected chi connectivity index (χ4v) is 2.32. The van der Waals surface area contributed by atoms with Crippen molar-refractivity contribution in [2.75, 3.05) is 0 Å². The number of aromatic nitrogens is 2. The van der Waals surface area contributed by atoms with Crippen LogP contribution < -0.4 is 5.32 Å². The van der Waals surface area contributed by atoms with Gasteiger partial charge in [-0.1, -0.05) is 41.4 Å². The molecule has 1 N–H and O–H groups in total. The van der Waals surface area contributed by atoms with Crippen LogP contribution in [-0.2, 0) is 13.6 Å². The lowest BCUT2D eigenvalue weighted by atomic mass is 10.1. The van der Waals surface area contributed by atoms with Crippen molar-refractivity contribution in [2.45, 2.75) is 33.4 Å². The summed E-state index contributed by atoms with van der Waals surface area (Å²) in [5, 5.41) is 8.56.